The zero-order valence-corrected chi connectivity index (χ0v) is 8.19. The van der Waals surface area contributed by atoms with Crippen molar-refractivity contribution in [2.24, 2.45) is 11.7 Å². The standard InChI is InChI=1S/C9H10F3N3O/c10-9(11,12)6-3-14-15-7-4(6)1-2-5(7)8(13)16/h3,5,14-15H,1-2H2,(H2,13,16). The Balaban J connectivity index is 2.37. The maximum absolute atomic E-state index is 12.6. The number of rotatable bonds is 1. The number of carbonyl (C=O) groups excluding carboxylic acids is 1. The lowest BCUT2D eigenvalue weighted by atomic mass is 10.0. The summed E-state index contributed by atoms with van der Waals surface area (Å²) in [6.07, 6.45) is -3.02. The van der Waals surface area contributed by atoms with Gasteiger partial charge in [0.2, 0.25) is 5.91 Å². The van der Waals surface area contributed by atoms with Crippen LogP contribution in [0.15, 0.2) is 23.0 Å². The van der Waals surface area contributed by atoms with Gasteiger partial charge in [0.15, 0.2) is 0 Å². The second-order valence-electron chi connectivity index (χ2n) is 3.71. The molecule has 16 heavy (non-hydrogen) atoms. The summed E-state index contributed by atoms with van der Waals surface area (Å²) in [5, 5.41) is 0. The van der Waals surface area contributed by atoms with E-state index in [0.29, 0.717) is 6.42 Å². The topological polar surface area (TPSA) is 67.2 Å². The molecule has 2 aliphatic rings. The third-order valence-corrected chi connectivity index (χ3v) is 2.75. The van der Waals surface area contributed by atoms with E-state index < -0.39 is 23.6 Å². The molecule has 0 saturated carbocycles. The minimum atomic E-state index is -4.41. The average Bonchev–Trinajstić information content (AvgIpc) is 2.58. The van der Waals surface area contributed by atoms with E-state index in [1.807, 2.05) is 0 Å². The molecule has 2 rings (SSSR count). The van der Waals surface area contributed by atoms with Crippen LogP contribution in [0, 0.1) is 5.92 Å². The van der Waals surface area contributed by atoms with Crippen molar-refractivity contribution in [2.75, 3.05) is 0 Å². The van der Waals surface area contributed by atoms with Crippen molar-refractivity contribution in [2.45, 2.75) is 19.0 Å². The second kappa shape index (κ2) is 3.43. The molecule has 0 bridgehead atoms. The van der Waals surface area contributed by atoms with Crippen molar-refractivity contribution in [3.8, 4) is 0 Å². The van der Waals surface area contributed by atoms with Crippen LogP contribution in [0.4, 0.5) is 13.2 Å². The fraction of sp³-hybridized carbons (Fsp3) is 0.444. The first-order valence-corrected chi connectivity index (χ1v) is 4.73. The number of alkyl halides is 3. The highest BCUT2D eigenvalue weighted by molar-refractivity contribution is 5.81. The minimum absolute atomic E-state index is 0.134. The first kappa shape index (κ1) is 10.8. The summed E-state index contributed by atoms with van der Waals surface area (Å²) in [5.74, 6) is -1.27. The van der Waals surface area contributed by atoms with Crippen molar-refractivity contribution in [3.05, 3.63) is 23.0 Å². The number of carbonyl (C=O) groups is 1. The van der Waals surface area contributed by atoms with Gasteiger partial charge in [0, 0.05) is 11.9 Å². The van der Waals surface area contributed by atoms with Crippen LogP contribution in [0.3, 0.4) is 0 Å². The van der Waals surface area contributed by atoms with Gasteiger partial charge in [-0.1, -0.05) is 0 Å². The van der Waals surface area contributed by atoms with Crippen LogP contribution in [0.2, 0.25) is 0 Å². The Labute approximate surface area is 89.3 Å². The SMILES string of the molecule is NC(=O)C1CCC2=C1NNC=C2C(F)(F)F. The van der Waals surface area contributed by atoms with E-state index in [2.05, 4.69) is 10.9 Å². The van der Waals surface area contributed by atoms with Gasteiger partial charge in [-0.25, -0.2) is 0 Å². The van der Waals surface area contributed by atoms with Gasteiger partial charge >= 0.3 is 6.18 Å². The number of halogens is 3. The molecule has 4 nitrogen and oxygen atoms in total. The minimum Gasteiger partial charge on any atom is -0.369 e. The summed E-state index contributed by atoms with van der Waals surface area (Å²) in [4.78, 5) is 11.0. The molecule has 7 heteroatoms. The Kier molecular flexibility index (Phi) is 2.32. The molecule has 0 saturated heterocycles. The molecule has 0 spiro atoms. The molecule has 0 aromatic heterocycles. The molecular weight excluding hydrogens is 223 g/mol. The Bertz CT molecular complexity index is 397. The lowest BCUT2D eigenvalue weighted by Gasteiger charge is -2.22. The molecule has 1 aliphatic carbocycles. The quantitative estimate of drug-likeness (QED) is 0.624. The number of hydrazine groups is 1. The molecule has 1 unspecified atom stereocenters. The Morgan fingerprint density at radius 2 is 2.19 bits per heavy atom. The lowest BCUT2D eigenvalue weighted by molar-refractivity contribution is -0.120. The number of nitrogens with two attached hydrogens (primary N) is 1. The normalized spacial score (nSPS) is 24.4. The summed E-state index contributed by atoms with van der Waals surface area (Å²) in [6, 6.07) is 0. The molecule has 0 radical (unpaired) electrons. The van der Waals surface area contributed by atoms with Crippen LogP contribution in [-0.2, 0) is 4.79 Å². The molecule has 1 atom stereocenters. The highest BCUT2D eigenvalue weighted by Crippen LogP contribution is 2.41. The van der Waals surface area contributed by atoms with Crippen molar-refractivity contribution < 1.29 is 18.0 Å². The Hall–Kier alpha value is -1.66. The van der Waals surface area contributed by atoms with E-state index in [1.165, 1.54) is 0 Å². The van der Waals surface area contributed by atoms with Crippen molar-refractivity contribution in [1.29, 1.82) is 0 Å². The van der Waals surface area contributed by atoms with Crippen LogP contribution in [0.5, 0.6) is 0 Å². The number of hydrogen-bond donors (Lipinski definition) is 3. The van der Waals surface area contributed by atoms with Gasteiger partial charge in [-0.2, -0.15) is 13.2 Å². The van der Waals surface area contributed by atoms with Gasteiger partial charge in [0.05, 0.1) is 11.5 Å². The summed E-state index contributed by atoms with van der Waals surface area (Å²) < 4.78 is 37.9. The predicted molar refractivity (Wildman–Crippen MR) is 49.4 cm³/mol. The summed E-state index contributed by atoms with van der Waals surface area (Å²) in [6.45, 7) is 0. The van der Waals surface area contributed by atoms with E-state index in [1.54, 1.807) is 0 Å². The third kappa shape index (κ3) is 1.62. The van der Waals surface area contributed by atoms with E-state index >= 15 is 0 Å². The van der Waals surface area contributed by atoms with Crippen LogP contribution in [-0.4, -0.2) is 12.1 Å². The van der Waals surface area contributed by atoms with Gasteiger partial charge in [-0.3, -0.25) is 4.79 Å². The molecule has 88 valence electrons. The van der Waals surface area contributed by atoms with Gasteiger partial charge in [0.1, 0.15) is 0 Å². The fourth-order valence-electron chi connectivity index (χ4n) is 2.03. The molecule has 1 heterocycles. The van der Waals surface area contributed by atoms with Gasteiger partial charge in [0.25, 0.3) is 0 Å². The van der Waals surface area contributed by atoms with E-state index in [4.69, 9.17) is 5.73 Å². The van der Waals surface area contributed by atoms with Crippen LogP contribution in [0.1, 0.15) is 12.8 Å². The Morgan fingerprint density at radius 1 is 1.50 bits per heavy atom. The van der Waals surface area contributed by atoms with Crippen LogP contribution < -0.4 is 16.6 Å². The summed E-state index contributed by atoms with van der Waals surface area (Å²) in [5.41, 5.74) is 9.64. The maximum Gasteiger partial charge on any atom is 0.418 e. The Morgan fingerprint density at radius 3 is 2.75 bits per heavy atom. The van der Waals surface area contributed by atoms with Crippen LogP contribution in [0.25, 0.3) is 0 Å². The predicted octanol–water partition coefficient (Wildman–Crippen LogP) is 0.690. The fourth-order valence-corrected chi connectivity index (χ4v) is 2.03. The largest absolute Gasteiger partial charge is 0.418 e. The first-order chi connectivity index (χ1) is 7.41. The number of amides is 1. The first-order valence-electron chi connectivity index (χ1n) is 4.73. The maximum atomic E-state index is 12.6. The molecule has 1 amide bonds. The molecule has 0 aromatic carbocycles. The number of hydrogen-bond acceptors (Lipinski definition) is 3. The van der Waals surface area contributed by atoms with Crippen molar-refractivity contribution in [3.63, 3.8) is 0 Å². The molecule has 4 N–H and O–H groups in total. The lowest BCUT2D eigenvalue weighted by Crippen LogP contribution is -2.38. The highest BCUT2D eigenvalue weighted by Gasteiger charge is 2.43. The molecule has 0 aromatic rings. The zero-order chi connectivity index (χ0) is 11.9. The van der Waals surface area contributed by atoms with Gasteiger partial charge in [-0.15, -0.1) is 0 Å². The number of primary amides is 1. The smallest absolute Gasteiger partial charge is 0.369 e. The van der Waals surface area contributed by atoms with E-state index in [-0.39, 0.29) is 17.7 Å². The van der Waals surface area contributed by atoms with Crippen molar-refractivity contribution >= 4 is 5.91 Å². The highest BCUT2D eigenvalue weighted by atomic mass is 19.4. The molecule has 0 fully saturated rings. The number of allylic oxidation sites excluding steroid dienone is 2. The molecular formula is C9H10F3N3O. The number of nitrogens with one attached hydrogen (secondary N) is 2. The van der Waals surface area contributed by atoms with Gasteiger partial charge in [-0.05, 0) is 18.4 Å². The third-order valence-electron chi connectivity index (χ3n) is 2.75. The van der Waals surface area contributed by atoms with Gasteiger partial charge < -0.3 is 16.6 Å². The summed E-state index contributed by atoms with van der Waals surface area (Å²) in [7, 11) is 0. The van der Waals surface area contributed by atoms with Crippen LogP contribution >= 0.6 is 0 Å². The van der Waals surface area contributed by atoms with Crippen molar-refractivity contribution in [1.82, 2.24) is 10.9 Å². The summed E-state index contributed by atoms with van der Waals surface area (Å²) >= 11 is 0. The zero-order valence-electron chi connectivity index (χ0n) is 8.19. The second-order valence-corrected chi connectivity index (χ2v) is 3.71. The monoisotopic (exact) mass is 233 g/mol. The molecule has 1 aliphatic heterocycles. The average molecular weight is 233 g/mol. The van der Waals surface area contributed by atoms with E-state index in [9.17, 15) is 18.0 Å². The van der Waals surface area contributed by atoms with E-state index in [0.717, 1.165) is 6.20 Å².